The number of carbonyl (C=O) groups is 1. The Morgan fingerprint density at radius 1 is 1.23 bits per heavy atom. The Labute approximate surface area is 130 Å². The molecule has 1 unspecified atom stereocenters. The van der Waals surface area contributed by atoms with Crippen molar-refractivity contribution in [2.24, 2.45) is 0 Å². The molecule has 0 bridgehead atoms. The smallest absolute Gasteiger partial charge is 0.307 e. The number of methoxy groups -OCH3 is 2. The van der Waals surface area contributed by atoms with E-state index >= 15 is 0 Å². The number of esters is 1. The Hall–Kier alpha value is -2.40. The fraction of sp³-hybridized carbons (Fsp3) is 0.294. The van der Waals surface area contributed by atoms with Crippen molar-refractivity contribution in [2.45, 2.75) is 19.0 Å². The maximum Gasteiger partial charge on any atom is 0.307 e. The summed E-state index contributed by atoms with van der Waals surface area (Å²) in [6.45, 7) is 0.639. The van der Waals surface area contributed by atoms with Crippen LogP contribution in [0.3, 0.4) is 0 Å². The van der Waals surface area contributed by atoms with Crippen LogP contribution >= 0.6 is 0 Å². The highest BCUT2D eigenvalue weighted by Gasteiger charge is 2.16. The van der Waals surface area contributed by atoms with Crippen molar-refractivity contribution in [3.63, 3.8) is 0 Å². The second-order valence-electron chi connectivity index (χ2n) is 4.85. The Kier molecular flexibility index (Phi) is 5.91. The van der Waals surface area contributed by atoms with E-state index < -0.39 is 0 Å². The van der Waals surface area contributed by atoms with Gasteiger partial charge in [-0.3, -0.25) is 9.78 Å². The number of nitrogens with one attached hydrogen (secondary N) is 1. The minimum absolute atomic E-state index is 0.136. The third-order valence-corrected chi connectivity index (χ3v) is 3.40. The minimum atomic E-state index is -0.254. The van der Waals surface area contributed by atoms with E-state index in [0.717, 1.165) is 16.9 Å². The van der Waals surface area contributed by atoms with Gasteiger partial charge in [-0.2, -0.15) is 0 Å². The van der Waals surface area contributed by atoms with Crippen LogP contribution in [0.15, 0.2) is 48.8 Å². The molecular formula is C17H20N2O3. The van der Waals surface area contributed by atoms with Gasteiger partial charge in [0.05, 0.1) is 20.6 Å². The Balaban J connectivity index is 2.04. The third kappa shape index (κ3) is 4.56. The average molecular weight is 300 g/mol. The molecule has 0 aliphatic carbocycles. The molecule has 22 heavy (non-hydrogen) atoms. The van der Waals surface area contributed by atoms with Crippen LogP contribution in [-0.2, 0) is 16.1 Å². The lowest BCUT2D eigenvalue weighted by Gasteiger charge is -2.18. The average Bonchev–Trinajstić information content (AvgIpc) is 2.59. The lowest BCUT2D eigenvalue weighted by molar-refractivity contribution is -0.141. The second kappa shape index (κ2) is 8.14. The first-order chi connectivity index (χ1) is 10.7. The molecule has 2 rings (SSSR count). The zero-order valence-electron chi connectivity index (χ0n) is 12.8. The Morgan fingerprint density at radius 2 is 2.00 bits per heavy atom. The highest BCUT2D eigenvalue weighted by atomic mass is 16.5. The summed E-state index contributed by atoms with van der Waals surface area (Å²) in [5.74, 6) is 0.568. The summed E-state index contributed by atoms with van der Waals surface area (Å²) in [5.41, 5.74) is 2.07. The minimum Gasteiger partial charge on any atom is -0.497 e. The van der Waals surface area contributed by atoms with Crippen molar-refractivity contribution < 1.29 is 14.3 Å². The van der Waals surface area contributed by atoms with E-state index in [1.807, 2.05) is 36.4 Å². The van der Waals surface area contributed by atoms with E-state index in [4.69, 9.17) is 9.47 Å². The van der Waals surface area contributed by atoms with E-state index in [1.165, 1.54) is 7.11 Å². The monoisotopic (exact) mass is 300 g/mol. The van der Waals surface area contributed by atoms with Gasteiger partial charge < -0.3 is 14.8 Å². The van der Waals surface area contributed by atoms with Gasteiger partial charge in [-0.15, -0.1) is 0 Å². The SMILES string of the molecule is COC(=O)CC(NCc1ccc(OC)cc1)c1cccnc1. The number of benzene rings is 1. The van der Waals surface area contributed by atoms with Crippen LogP contribution in [0, 0.1) is 0 Å². The number of rotatable bonds is 7. The van der Waals surface area contributed by atoms with Gasteiger partial charge in [0.2, 0.25) is 0 Å². The zero-order chi connectivity index (χ0) is 15.8. The Morgan fingerprint density at radius 3 is 2.59 bits per heavy atom. The molecule has 1 heterocycles. The van der Waals surface area contributed by atoms with Crippen molar-refractivity contribution in [3.05, 3.63) is 59.9 Å². The van der Waals surface area contributed by atoms with E-state index in [-0.39, 0.29) is 18.4 Å². The zero-order valence-corrected chi connectivity index (χ0v) is 12.8. The summed E-state index contributed by atoms with van der Waals surface area (Å²) in [5, 5.41) is 3.37. The lowest BCUT2D eigenvalue weighted by atomic mass is 10.1. The van der Waals surface area contributed by atoms with E-state index in [0.29, 0.717) is 6.54 Å². The molecular weight excluding hydrogens is 280 g/mol. The van der Waals surface area contributed by atoms with Crippen molar-refractivity contribution in [1.29, 1.82) is 0 Å². The van der Waals surface area contributed by atoms with Crippen LogP contribution in [0.2, 0.25) is 0 Å². The van der Waals surface area contributed by atoms with E-state index in [2.05, 4.69) is 10.3 Å². The van der Waals surface area contributed by atoms with Gasteiger partial charge >= 0.3 is 5.97 Å². The molecule has 0 saturated carbocycles. The molecule has 5 nitrogen and oxygen atoms in total. The number of hydrogen-bond donors (Lipinski definition) is 1. The lowest BCUT2D eigenvalue weighted by Crippen LogP contribution is -2.24. The van der Waals surface area contributed by atoms with Crippen LogP contribution < -0.4 is 10.1 Å². The van der Waals surface area contributed by atoms with Crippen LogP contribution in [-0.4, -0.2) is 25.2 Å². The predicted molar refractivity (Wildman–Crippen MR) is 83.4 cm³/mol. The number of carbonyl (C=O) groups excluding carboxylic acids is 1. The number of hydrogen-bond acceptors (Lipinski definition) is 5. The summed E-state index contributed by atoms with van der Waals surface area (Å²) < 4.78 is 9.91. The maximum atomic E-state index is 11.6. The first-order valence-corrected chi connectivity index (χ1v) is 7.06. The summed E-state index contributed by atoms with van der Waals surface area (Å²) in [7, 11) is 3.04. The summed E-state index contributed by atoms with van der Waals surface area (Å²) in [6.07, 6.45) is 3.73. The van der Waals surface area contributed by atoms with Gasteiger partial charge in [0.15, 0.2) is 0 Å². The van der Waals surface area contributed by atoms with E-state index in [9.17, 15) is 4.79 Å². The van der Waals surface area contributed by atoms with Crippen molar-refractivity contribution >= 4 is 5.97 Å². The standard InChI is InChI=1S/C17H20N2O3/c1-21-15-7-5-13(6-8-15)11-19-16(10-17(20)22-2)14-4-3-9-18-12-14/h3-9,12,16,19H,10-11H2,1-2H3. The number of pyridine rings is 1. The summed E-state index contributed by atoms with van der Waals surface area (Å²) in [6, 6.07) is 11.5. The highest BCUT2D eigenvalue weighted by Crippen LogP contribution is 2.18. The molecule has 1 aromatic carbocycles. The molecule has 5 heteroatoms. The molecule has 1 aromatic heterocycles. The molecule has 2 aromatic rings. The van der Waals surface area contributed by atoms with Crippen LogP contribution in [0.25, 0.3) is 0 Å². The van der Waals surface area contributed by atoms with Crippen LogP contribution in [0.1, 0.15) is 23.6 Å². The first-order valence-electron chi connectivity index (χ1n) is 7.06. The van der Waals surface area contributed by atoms with Crippen molar-refractivity contribution in [2.75, 3.05) is 14.2 Å². The highest BCUT2D eigenvalue weighted by molar-refractivity contribution is 5.70. The fourth-order valence-corrected chi connectivity index (χ4v) is 2.12. The Bertz CT molecular complexity index is 585. The maximum absolute atomic E-state index is 11.6. The molecule has 0 saturated heterocycles. The largest absolute Gasteiger partial charge is 0.497 e. The van der Waals surface area contributed by atoms with Gasteiger partial charge in [-0.05, 0) is 29.3 Å². The molecule has 0 radical (unpaired) electrons. The molecule has 0 aliphatic heterocycles. The molecule has 1 N–H and O–H groups in total. The first kappa shape index (κ1) is 16.0. The quantitative estimate of drug-likeness (QED) is 0.796. The van der Waals surface area contributed by atoms with Gasteiger partial charge in [0.1, 0.15) is 5.75 Å². The molecule has 0 amide bonds. The third-order valence-electron chi connectivity index (χ3n) is 3.40. The normalized spacial score (nSPS) is 11.7. The van der Waals surface area contributed by atoms with Crippen LogP contribution in [0.4, 0.5) is 0 Å². The van der Waals surface area contributed by atoms with Crippen molar-refractivity contribution in [3.8, 4) is 5.75 Å². The summed E-state index contributed by atoms with van der Waals surface area (Å²) in [4.78, 5) is 15.7. The predicted octanol–water partition coefficient (Wildman–Crippen LogP) is 2.48. The fourth-order valence-electron chi connectivity index (χ4n) is 2.12. The molecule has 0 spiro atoms. The summed E-state index contributed by atoms with van der Waals surface area (Å²) >= 11 is 0. The molecule has 116 valence electrons. The van der Waals surface area contributed by atoms with Gasteiger partial charge in [0.25, 0.3) is 0 Å². The van der Waals surface area contributed by atoms with Gasteiger partial charge in [-0.25, -0.2) is 0 Å². The van der Waals surface area contributed by atoms with Crippen LogP contribution in [0.5, 0.6) is 5.75 Å². The van der Waals surface area contributed by atoms with E-state index in [1.54, 1.807) is 19.5 Å². The van der Waals surface area contributed by atoms with Gasteiger partial charge in [-0.1, -0.05) is 18.2 Å². The second-order valence-corrected chi connectivity index (χ2v) is 4.85. The molecule has 0 aliphatic rings. The molecule has 1 atom stereocenters. The molecule has 0 fully saturated rings. The number of ether oxygens (including phenoxy) is 2. The van der Waals surface area contributed by atoms with Crippen molar-refractivity contribution in [1.82, 2.24) is 10.3 Å². The topological polar surface area (TPSA) is 60.5 Å². The number of aromatic nitrogens is 1. The number of nitrogens with zero attached hydrogens (tertiary/aromatic N) is 1. The van der Waals surface area contributed by atoms with Gasteiger partial charge in [0, 0.05) is 25.0 Å².